The van der Waals surface area contributed by atoms with Crippen LogP contribution in [-0.2, 0) is 6.54 Å². The van der Waals surface area contributed by atoms with Crippen molar-refractivity contribution in [2.45, 2.75) is 19.4 Å². The van der Waals surface area contributed by atoms with Gasteiger partial charge < -0.3 is 10.2 Å². The molecule has 122 valence electrons. The maximum absolute atomic E-state index is 5.86. The molecule has 1 atom stereocenters. The lowest BCUT2D eigenvalue weighted by Crippen LogP contribution is -2.37. The quantitative estimate of drug-likeness (QED) is 0.924. The largest absolute Gasteiger partial charge is 0.439 e. The summed E-state index contributed by atoms with van der Waals surface area (Å²) in [6.07, 6.45) is 4.27. The summed E-state index contributed by atoms with van der Waals surface area (Å²) in [6, 6.07) is 10.1. The molecule has 2 heterocycles. The molecule has 0 bridgehead atoms. The van der Waals surface area contributed by atoms with E-state index in [0.717, 1.165) is 43.4 Å². The SMILES string of the molecule is Cl.Cl.NCC1CCCN(Cc2ncc(-c3ccccc3)o2)C1. The minimum atomic E-state index is 0. The van der Waals surface area contributed by atoms with E-state index in [-0.39, 0.29) is 24.8 Å². The van der Waals surface area contributed by atoms with E-state index in [4.69, 9.17) is 10.2 Å². The molecule has 6 heteroatoms. The summed E-state index contributed by atoms with van der Waals surface area (Å²) in [5.74, 6) is 2.25. The summed E-state index contributed by atoms with van der Waals surface area (Å²) in [5.41, 5.74) is 6.85. The Morgan fingerprint density at radius 1 is 1.23 bits per heavy atom. The van der Waals surface area contributed by atoms with Crippen molar-refractivity contribution in [1.82, 2.24) is 9.88 Å². The number of aromatic nitrogens is 1. The molecule has 0 saturated carbocycles. The monoisotopic (exact) mass is 343 g/mol. The lowest BCUT2D eigenvalue weighted by molar-refractivity contribution is 0.158. The predicted molar refractivity (Wildman–Crippen MR) is 93.5 cm³/mol. The second-order valence-corrected chi connectivity index (χ2v) is 5.46. The van der Waals surface area contributed by atoms with Gasteiger partial charge in [-0.1, -0.05) is 30.3 Å². The van der Waals surface area contributed by atoms with Crippen LogP contribution in [0.5, 0.6) is 0 Å². The van der Waals surface area contributed by atoms with Crippen molar-refractivity contribution in [3.8, 4) is 11.3 Å². The topological polar surface area (TPSA) is 55.3 Å². The average molecular weight is 344 g/mol. The Kier molecular flexibility index (Phi) is 7.90. The summed E-state index contributed by atoms with van der Waals surface area (Å²) < 4.78 is 5.86. The molecule has 1 saturated heterocycles. The first kappa shape index (κ1) is 19.0. The van der Waals surface area contributed by atoms with Crippen molar-refractivity contribution < 1.29 is 4.42 Å². The Morgan fingerprint density at radius 2 is 2.00 bits per heavy atom. The number of hydrogen-bond acceptors (Lipinski definition) is 4. The predicted octanol–water partition coefficient (Wildman–Crippen LogP) is 3.36. The third-order valence-electron chi connectivity index (χ3n) is 3.91. The Bertz CT molecular complexity index is 547. The second-order valence-electron chi connectivity index (χ2n) is 5.46. The van der Waals surface area contributed by atoms with Gasteiger partial charge in [-0.05, 0) is 31.8 Å². The molecule has 2 aromatic rings. The van der Waals surface area contributed by atoms with Crippen LogP contribution in [0.1, 0.15) is 18.7 Å². The van der Waals surface area contributed by atoms with Gasteiger partial charge in [-0.15, -0.1) is 24.8 Å². The molecule has 4 nitrogen and oxygen atoms in total. The number of nitrogens with two attached hydrogens (primary N) is 1. The summed E-state index contributed by atoms with van der Waals surface area (Å²) in [4.78, 5) is 6.79. The van der Waals surface area contributed by atoms with Crippen LogP contribution in [0.15, 0.2) is 40.9 Å². The molecule has 0 amide bonds. The zero-order chi connectivity index (χ0) is 13.8. The number of piperidine rings is 1. The molecule has 3 rings (SSSR count). The minimum Gasteiger partial charge on any atom is -0.439 e. The molecule has 0 spiro atoms. The molecule has 2 N–H and O–H groups in total. The van der Waals surface area contributed by atoms with Crippen LogP contribution in [0, 0.1) is 5.92 Å². The van der Waals surface area contributed by atoms with Crippen LogP contribution in [0.2, 0.25) is 0 Å². The van der Waals surface area contributed by atoms with Crippen LogP contribution in [0.3, 0.4) is 0 Å². The van der Waals surface area contributed by atoms with Gasteiger partial charge in [0.05, 0.1) is 12.7 Å². The number of benzene rings is 1. The van der Waals surface area contributed by atoms with Gasteiger partial charge in [0.1, 0.15) is 0 Å². The fourth-order valence-electron chi connectivity index (χ4n) is 2.80. The molecule has 0 aliphatic carbocycles. The zero-order valence-electron chi connectivity index (χ0n) is 12.5. The normalized spacial score (nSPS) is 18.3. The van der Waals surface area contributed by atoms with Gasteiger partial charge in [0.25, 0.3) is 0 Å². The number of oxazole rings is 1. The Hall–Kier alpha value is -1.07. The fraction of sp³-hybridized carbons (Fsp3) is 0.438. The van der Waals surface area contributed by atoms with Crippen molar-refractivity contribution in [2.24, 2.45) is 11.7 Å². The van der Waals surface area contributed by atoms with Crippen LogP contribution in [0.25, 0.3) is 11.3 Å². The van der Waals surface area contributed by atoms with Gasteiger partial charge in [-0.2, -0.15) is 0 Å². The molecule has 22 heavy (non-hydrogen) atoms. The lowest BCUT2D eigenvalue weighted by Gasteiger charge is -2.30. The molecule has 1 aliphatic rings. The van der Waals surface area contributed by atoms with Crippen molar-refractivity contribution in [3.63, 3.8) is 0 Å². The van der Waals surface area contributed by atoms with E-state index in [1.165, 1.54) is 12.8 Å². The van der Waals surface area contributed by atoms with Crippen molar-refractivity contribution in [1.29, 1.82) is 0 Å². The van der Waals surface area contributed by atoms with E-state index in [1.54, 1.807) is 0 Å². The maximum Gasteiger partial charge on any atom is 0.209 e. The van der Waals surface area contributed by atoms with Gasteiger partial charge in [0, 0.05) is 12.1 Å². The van der Waals surface area contributed by atoms with Crippen molar-refractivity contribution in [3.05, 3.63) is 42.4 Å². The van der Waals surface area contributed by atoms with Gasteiger partial charge in [-0.25, -0.2) is 4.98 Å². The Labute approximate surface area is 143 Å². The number of nitrogens with zero attached hydrogens (tertiary/aromatic N) is 2. The summed E-state index contributed by atoms with van der Waals surface area (Å²) in [6.45, 7) is 3.72. The van der Waals surface area contributed by atoms with E-state index in [1.807, 2.05) is 36.5 Å². The number of halogens is 2. The molecule has 1 fully saturated rings. The first-order valence-corrected chi connectivity index (χ1v) is 7.27. The molecule has 1 unspecified atom stereocenters. The fourth-order valence-corrected chi connectivity index (χ4v) is 2.80. The van der Waals surface area contributed by atoms with Crippen molar-refractivity contribution >= 4 is 24.8 Å². The molecule has 1 aromatic heterocycles. The van der Waals surface area contributed by atoms with Crippen LogP contribution in [0.4, 0.5) is 0 Å². The number of likely N-dealkylation sites (tertiary alicyclic amines) is 1. The van der Waals surface area contributed by atoms with Crippen LogP contribution >= 0.6 is 24.8 Å². The Balaban J connectivity index is 0.00000121. The highest BCUT2D eigenvalue weighted by Gasteiger charge is 2.20. The second kappa shape index (κ2) is 9.16. The minimum absolute atomic E-state index is 0. The van der Waals surface area contributed by atoms with E-state index >= 15 is 0 Å². The summed E-state index contributed by atoms with van der Waals surface area (Å²) in [7, 11) is 0. The van der Waals surface area contributed by atoms with Crippen LogP contribution in [-0.4, -0.2) is 29.5 Å². The van der Waals surface area contributed by atoms with E-state index in [2.05, 4.69) is 9.88 Å². The third-order valence-corrected chi connectivity index (χ3v) is 3.91. The van der Waals surface area contributed by atoms with Crippen LogP contribution < -0.4 is 5.73 Å². The highest BCUT2D eigenvalue weighted by atomic mass is 35.5. The Morgan fingerprint density at radius 3 is 2.73 bits per heavy atom. The highest BCUT2D eigenvalue weighted by Crippen LogP contribution is 2.22. The van der Waals surface area contributed by atoms with E-state index in [0.29, 0.717) is 5.92 Å². The molecule has 1 aliphatic heterocycles. The number of hydrogen-bond donors (Lipinski definition) is 1. The first-order chi connectivity index (χ1) is 9.85. The summed E-state index contributed by atoms with van der Waals surface area (Å²) in [5, 5.41) is 0. The lowest BCUT2D eigenvalue weighted by atomic mass is 9.98. The smallest absolute Gasteiger partial charge is 0.209 e. The molecular formula is C16H23Cl2N3O. The summed E-state index contributed by atoms with van der Waals surface area (Å²) >= 11 is 0. The van der Waals surface area contributed by atoms with Gasteiger partial charge in [-0.3, -0.25) is 4.90 Å². The van der Waals surface area contributed by atoms with E-state index in [9.17, 15) is 0 Å². The third kappa shape index (κ3) is 4.71. The molecule has 1 aromatic carbocycles. The van der Waals surface area contributed by atoms with Gasteiger partial charge >= 0.3 is 0 Å². The highest BCUT2D eigenvalue weighted by molar-refractivity contribution is 5.85. The average Bonchev–Trinajstić information content (AvgIpc) is 2.97. The van der Waals surface area contributed by atoms with E-state index < -0.39 is 0 Å². The zero-order valence-corrected chi connectivity index (χ0v) is 14.1. The van der Waals surface area contributed by atoms with Gasteiger partial charge in [0.15, 0.2) is 5.76 Å². The molecular weight excluding hydrogens is 321 g/mol. The maximum atomic E-state index is 5.86. The first-order valence-electron chi connectivity index (χ1n) is 7.27. The molecule has 0 radical (unpaired) electrons. The van der Waals surface area contributed by atoms with Crippen molar-refractivity contribution in [2.75, 3.05) is 19.6 Å². The standard InChI is InChI=1S/C16H21N3O.2ClH/c17-9-13-5-4-8-19(11-13)12-16-18-10-15(20-16)14-6-2-1-3-7-14;;/h1-3,6-7,10,13H,4-5,8-9,11-12,17H2;2*1H. The van der Waals surface area contributed by atoms with Gasteiger partial charge in [0.2, 0.25) is 5.89 Å². The number of rotatable bonds is 4.